The maximum atomic E-state index is 13.2. The number of aryl methyl sites for hydroxylation is 1. The summed E-state index contributed by atoms with van der Waals surface area (Å²) in [6.07, 6.45) is 7.14. The molecular weight excluding hydrogens is 799 g/mol. The zero-order valence-electron chi connectivity index (χ0n) is 30.9. The largest absolute Gasteiger partial charge is 0.493 e. The van der Waals surface area contributed by atoms with Crippen LogP contribution >= 0.6 is 22.6 Å². The molecular formula is C43H43IN2O8. The van der Waals surface area contributed by atoms with Crippen molar-refractivity contribution >= 4 is 46.0 Å². The molecule has 280 valence electrons. The summed E-state index contributed by atoms with van der Waals surface area (Å²) in [7, 11) is 6.29. The molecule has 0 saturated heterocycles. The molecule has 2 aliphatic rings. The molecule has 2 amide bonds. The first kappa shape index (κ1) is 39.8. The monoisotopic (exact) mass is 842 g/mol. The maximum absolute atomic E-state index is 13.2. The van der Waals surface area contributed by atoms with Gasteiger partial charge in [-0.25, -0.2) is 0 Å². The number of amides is 2. The minimum Gasteiger partial charge on any atom is -0.493 e. The number of halogens is 1. The summed E-state index contributed by atoms with van der Waals surface area (Å²) in [5, 5.41) is 0. The minimum atomic E-state index is -0.288. The minimum absolute atomic E-state index is 0.0222. The fourth-order valence-electron chi connectivity index (χ4n) is 6.48. The van der Waals surface area contributed by atoms with E-state index >= 15 is 0 Å². The lowest BCUT2D eigenvalue weighted by Gasteiger charge is -2.32. The second-order valence-electron chi connectivity index (χ2n) is 12.7. The molecule has 0 spiro atoms. The van der Waals surface area contributed by atoms with Gasteiger partial charge in [-0.2, -0.15) is 0 Å². The fraction of sp³-hybridized carbons (Fsp3) is 0.256. The van der Waals surface area contributed by atoms with Crippen LogP contribution < -0.4 is 18.9 Å². The number of hydrogen-bond donors (Lipinski definition) is 0. The normalized spacial score (nSPS) is 16.3. The first-order valence-corrected chi connectivity index (χ1v) is 18.4. The lowest BCUT2D eigenvalue weighted by molar-refractivity contribution is -0.132. The first-order chi connectivity index (χ1) is 26.1. The van der Waals surface area contributed by atoms with Gasteiger partial charge >= 0.3 is 0 Å². The van der Waals surface area contributed by atoms with Crippen LogP contribution in [0.25, 0.3) is 0 Å². The molecule has 0 radical (unpaired) electrons. The van der Waals surface area contributed by atoms with Gasteiger partial charge in [0, 0.05) is 28.8 Å². The second-order valence-corrected chi connectivity index (χ2v) is 13.9. The van der Waals surface area contributed by atoms with Crippen LogP contribution in [-0.2, 0) is 32.0 Å². The van der Waals surface area contributed by atoms with Crippen molar-refractivity contribution in [3.8, 4) is 23.0 Å². The predicted octanol–water partition coefficient (Wildman–Crippen LogP) is 7.52. The highest BCUT2D eigenvalue weighted by Gasteiger charge is 2.31. The number of benzene rings is 4. The highest BCUT2D eigenvalue weighted by Crippen LogP contribution is 2.35. The lowest BCUT2D eigenvalue weighted by atomic mass is 9.93. The predicted molar refractivity (Wildman–Crippen MR) is 214 cm³/mol. The summed E-state index contributed by atoms with van der Waals surface area (Å²) in [6.45, 7) is 2.00. The molecule has 0 aromatic heterocycles. The molecule has 54 heavy (non-hydrogen) atoms. The molecule has 10 nitrogen and oxygen atoms in total. The van der Waals surface area contributed by atoms with Gasteiger partial charge in [-0.1, -0.05) is 60.7 Å². The number of allylic oxidation sites excluding steroid dienone is 2. The van der Waals surface area contributed by atoms with Crippen LogP contribution in [0.5, 0.6) is 23.0 Å². The summed E-state index contributed by atoms with van der Waals surface area (Å²) in [5.74, 6) is 2.33. The number of rotatable bonds is 10. The summed E-state index contributed by atoms with van der Waals surface area (Å²) in [6, 6.07) is 26.0. The smallest absolute Gasteiger partial charge is 0.231 e. The van der Waals surface area contributed by atoms with Crippen molar-refractivity contribution in [3.05, 3.63) is 141 Å². The van der Waals surface area contributed by atoms with E-state index in [1.807, 2.05) is 79.7 Å². The van der Waals surface area contributed by atoms with Gasteiger partial charge in [-0.3, -0.25) is 19.2 Å². The van der Waals surface area contributed by atoms with Crippen LogP contribution in [-0.4, -0.2) is 61.6 Å². The lowest BCUT2D eigenvalue weighted by Crippen LogP contribution is -2.35. The van der Waals surface area contributed by atoms with Crippen molar-refractivity contribution in [3.63, 3.8) is 0 Å². The highest BCUT2D eigenvalue weighted by molar-refractivity contribution is 14.1. The van der Waals surface area contributed by atoms with Gasteiger partial charge in [-0.15, -0.1) is 0 Å². The SMILES string of the molecule is COc1cc(I)c(CC(=O)N2C=CC(=O)CC2c2ccccc2C)cc1OC.COc1ccc(CC(=O)N2C=CC(=O)CC2c2ccccc2)cc1OC. The van der Waals surface area contributed by atoms with Crippen molar-refractivity contribution in [1.29, 1.82) is 0 Å². The quantitative estimate of drug-likeness (QED) is 0.151. The van der Waals surface area contributed by atoms with Gasteiger partial charge in [0.2, 0.25) is 11.8 Å². The highest BCUT2D eigenvalue weighted by atomic mass is 127. The molecule has 0 saturated carbocycles. The molecule has 0 fully saturated rings. The third-order valence-electron chi connectivity index (χ3n) is 9.31. The van der Waals surface area contributed by atoms with Crippen molar-refractivity contribution in [2.45, 2.75) is 44.7 Å². The van der Waals surface area contributed by atoms with E-state index in [9.17, 15) is 19.2 Å². The van der Waals surface area contributed by atoms with E-state index in [-0.39, 0.29) is 61.1 Å². The molecule has 0 aliphatic carbocycles. The fourth-order valence-corrected chi connectivity index (χ4v) is 7.11. The zero-order chi connectivity index (χ0) is 38.8. The molecule has 11 heteroatoms. The summed E-state index contributed by atoms with van der Waals surface area (Å²) in [5.41, 5.74) is 4.69. The molecule has 2 atom stereocenters. The number of hydrogen-bond acceptors (Lipinski definition) is 8. The van der Waals surface area contributed by atoms with Crippen LogP contribution in [0.4, 0.5) is 0 Å². The van der Waals surface area contributed by atoms with E-state index in [0.29, 0.717) is 23.0 Å². The van der Waals surface area contributed by atoms with Crippen molar-refractivity contribution in [2.75, 3.05) is 28.4 Å². The molecule has 2 heterocycles. The molecule has 0 bridgehead atoms. The third-order valence-corrected chi connectivity index (χ3v) is 10.3. The Morgan fingerprint density at radius 3 is 1.81 bits per heavy atom. The van der Waals surface area contributed by atoms with Crippen LogP contribution in [0.2, 0.25) is 0 Å². The van der Waals surface area contributed by atoms with Gasteiger partial charge in [0.15, 0.2) is 34.6 Å². The van der Waals surface area contributed by atoms with Crippen LogP contribution in [0.1, 0.15) is 52.7 Å². The Hall–Kier alpha value is -5.43. The molecule has 4 aromatic rings. The Labute approximate surface area is 329 Å². The van der Waals surface area contributed by atoms with Gasteiger partial charge in [0.05, 0.1) is 53.4 Å². The average molecular weight is 843 g/mol. The van der Waals surface area contributed by atoms with Gasteiger partial charge < -0.3 is 28.7 Å². The Bertz CT molecular complexity index is 2060. The summed E-state index contributed by atoms with van der Waals surface area (Å²) >= 11 is 2.19. The third kappa shape index (κ3) is 9.56. The molecule has 2 aliphatic heterocycles. The molecule has 4 aromatic carbocycles. The molecule has 6 rings (SSSR count). The van der Waals surface area contributed by atoms with E-state index < -0.39 is 0 Å². The van der Waals surface area contributed by atoms with E-state index in [2.05, 4.69) is 22.6 Å². The number of nitrogens with zero attached hydrogens (tertiary/aromatic N) is 2. The van der Waals surface area contributed by atoms with E-state index in [1.165, 1.54) is 12.2 Å². The van der Waals surface area contributed by atoms with Gasteiger partial charge in [-0.05, 0) is 93.7 Å². The topological polar surface area (TPSA) is 112 Å². The summed E-state index contributed by atoms with van der Waals surface area (Å²) in [4.78, 5) is 53.3. The van der Waals surface area contributed by atoms with E-state index in [1.54, 1.807) is 62.8 Å². The maximum Gasteiger partial charge on any atom is 0.231 e. The second kappa shape index (κ2) is 18.6. The number of carbonyl (C=O) groups is 4. The standard InChI is InChI=1S/C22H22INO4.C21H21NO4/c1-14-6-4-5-7-17(14)19-12-16(25)8-9-24(19)22(26)11-15-10-20(27-2)21(28-3)13-18(15)23;1-25-19-9-8-15(12-20(19)26-2)13-21(24)22-11-10-17(23)14-18(22)16-6-4-3-5-7-16/h4-10,13,19H,11-12H2,1-3H3;3-12,18H,13-14H2,1-2H3. The molecule has 2 unspecified atom stereocenters. The Morgan fingerprint density at radius 2 is 1.19 bits per heavy atom. The number of carbonyl (C=O) groups excluding carboxylic acids is 4. The number of methoxy groups -OCH3 is 4. The average Bonchev–Trinajstić information content (AvgIpc) is 3.19. The van der Waals surface area contributed by atoms with Crippen molar-refractivity contribution < 1.29 is 38.1 Å². The Kier molecular flexibility index (Phi) is 13.7. The summed E-state index contributed by atoms with van der Waals surface area (Å²) < 4.78 is 22.1. The first-order valence-electron chi connectivity index (χ1n) is 17.3. The zero-order valence-corrected chi connectivity index (χ0v) is 33.1. The number of ether oxygens (including phenoxy) is 4. The molecule has 0 N–H and O–H groups in total. The Morgan fingerprint density at radius 1 is 0.648 bits per heavy atom. The van der Waals surface area contributed by atoms with Crippen molar-refractivity contribution in [1.82, 2.24) is 9.80 Å². The van der Waals surface area contributed by atoms with E-state index in [4.69, 9.17) is 18.9 Å². The van der Waals surface area contributed by atoms with Crippen LogP contribution in [0, 0.1) is 10.5 Å². The van der Waals surface area contributed by atoms with Crippen LogP contribution in [0.3, 0.4) is 0 Å². The van der Waals surface area contributed by atoms with Gasteiger partial charge in [0.1, 0.15) is 0 Å². The van der Waals surface area contributed by atoms with Crippen molar-refractivity contribution in [2.24, 2.45) is 0 Å². The number of ketones is 2. The Balaban J connectivity index is 0.000000208. The van der Waals surface area contributed by atoms with Crippen LogP contribution in [0.15, 0.2) is 109 Å². The van der Waals surface area contributed by atoms with E-state index in [0.717, 1.165) is 31.4 Å². The van der Waals surface area contributed by atoms with Gasteiger partial charge in [0.25, 0.3) is 0 Å².